The van der Waals surface area contributed by atoms with Crippen molar-refractivity contribution < 1.29 is 23.7 Å². The maximum absolute atomic E-state index is 12.3. The van der Waals surface area contributed by atoms with Crippen LogP contribution < -0.4 is 0 Å². The summed E-state index contributed by atoms with van der Waals surface area (Å²) in [7, 11) is 0. The predicted molar refractivity (Wildman–Crippen MR) is 94.7 cm³/mol. The lowest BCUT2D eigenvalue weighted by molar-refractivity contribution is -0.287. The number of fused-ring (bicyclic) bond motifs is 1. The van der Waals surface area contributed by atoms with E-state index in [1.165, 1.54) is 0 Å². The van der Waals surface area contributed by atoms with Crippen LogP contribution in [0.3, 0.4) is 0 Å². The maximum atomic E-state index is 12.3. The molecular formula is C21H22O5. The Labute approximate surface area is 152 Å². The molecule has 2 aromatic rings. The van der Waals surface area contributed by atoms with Gasteiger partial charge >= 0.3 is 5.97 Å². The predicted octanol–water partition coefficient (Wildman–Crippen LogP) is 3.42. The molecule has 2 aliphatic heterocycles. The molecule has 2 fully saturated rings. The van der Waals surface area contributed by atoms with Crippen LogP contribution in [0.1, 0.15) is 34.2 Å². The average molecular weight is 354 g/mol. The third-order valence-corrected chi connectivity index (χ3v) is 4.75. The molecule has 26 heavy (non-hydrogen) atoms. The Bertz CT molecular complexity index is 743. The topological polar surface area (TPSA) is 54.0 Å². The number of benzene rings is 2. The van der Waals surface area contributed by atoms with Crippen LogP contribution >= 0.6 is 0 Å². The van der Waals surface area contributed by atoms with E-state index in [2.05, 4.69) is 0 Å². The zero-order chi connectivity index (χ0) is 17.9. The molecule has 2 aliphatic rings. The highest BCUT2D eigenvalue weighted by Gasteiger charge is 2.39. The third-order valence-electron chi connectivity index (χ3n) is 4.75. The van der Waals surface area contributed by atoms with Crippen LogP contribution in [0.25, 0.3) is 0 Å². The molecule has 0 radical (unpaired) electrons. The van der Waals surface area contributed by atoms with Gasteiger partial charge in [-0.15, -0.1) is 0 Å². The van der Waals surface area contributed by atoms with Crippen molar-refractivity contribution in [3.05, 3.63) is 71.3 Å². The number of esters is 1. The molecule has 4 unspecified atom stereocenters. The van der Waals surface area contributed by atoms with Crippen molar-refractivity contribution in [2.75, 3.05) is 13.2 Å². The fourth-order valence-electron chi connectivity index (χ4n) is 3.27. The lowest BCUT2D eigenvalue weighted by atomic mass is 10.0. The van der Waals surface area contributed by atoms with Crippen molar-refractivity contribution in [3.63, 3.8) is 0 Å². The first-order chi connectivity index (χ1) is 12.7. The van der Waals surface area contributed by atoms with Gasteiger partial charge in [-0.25, -0.2) is 4.79 Å². The van der Waals surface area contributed by atoms with E-state index >= 15 is 0 Å². The summed E-state index contributed by atoms with van der Waals surface area (Å²) in [5.41, 5.74) is 2.63. The van der Waals surface area contributed by atoms with Crippen molar-refractivity contribution in [2.24, 2.45) is 0 Å². The Morgan fingerprint density at radius 1 is 0.962 bits per heavy atom. The Kier molecular flexibility index (Phi) is 5.02. The highest BCUT2D eigenvalue weighted by molar-refractivity contribution is 5.89. The Balaban J connectivity index is 1.37. The van der Waals surface area contributed by atoms with E-state index in [1.807, 2.05) is 49.4 Å². The van der Waals surface area contributed by atoms with Crippen LogP contribution in [0.4, 0.5) is 0 Å². The fourth-order valence-corrected chi connectivity index (χ4v) is 3.27. The molecule has 2 heterocycles. The molecule has 4 rings (SSSR count). The third kappa shape index (κ3) is 3.80. The second-order valence-electron chi connectivity index (χ2n) is 6.75. The summed E-state index contributed by atoms with van der Waals surface area (Å²) in [6.07, 6.45) is -0.399. The number of hydrogen-bond acceptors (Lipinski definition) is 5. The standard InChI is InChI=1S/C21H22O5/c1-14-7-9-15(10-8-14)20(22)25-17-11-18-19(23-12-17)13-24-21(26-18)16-5-3-2-4-6-16/h2-10,17-19,21H,11-13H2,1H3. The monoisotopic (exact) mass is 354 g/mol. The summed E-state index contributed by atoms with van der Waals surface area (Å²) in [5, 5.41) is 0. The number of rotatable bonds is 3. The molecule has 0 bridgehead atoms. The lowest BCUT2D eigenvalue weighted by Gasteiger charge is -2.41. The molecule has 5 heteroatoms. The molecule has 4 atom stereocenters. The maximum Gasteiger partial charge on any atom is 0.338 e. The minimum absolute atomic E-state index is 0.121. The van der Waals surface area contributed by atoms with Crippen LogP contribution in [0, 0.1) is 6.92 Å². The van der Waals surface area contributed by atoms with Gasteiger partial charge in [0.15, 0.2) is 6.29 Å². The number of aryl methyl sites for hydroxylation is 1. The molecular weight excluding hydrogens is 332 g/mol. The zero-order valence-electron chi connectivity index (χ0n) is 14.7. The highest BCUT2D eigenvalue weighted by Crippen LogP contribution is 2.32. The lowest BCUT2D eigenvalue weighted by Crippen LogP contribution is -2.50. The summed E-state index contributed by atoms with van der Waals surface area (Å²) >= 11 is 0. The fraction of sp³-hybridized carbons (Fsp3) is 0.381. The molecule has 0 aromatic heterocycles. The molecule has 0 N–H and O–H groups in total. The Morgan fingerprint density at radius 2 is 1.73 bits per heavy atom. The van der Waals surface area contributed by atoms with Crippen molar-refractivity contribution >= 4 is 5.97 Å². The van der Waals surface area contributed by atoms with Crippen LogP contribution in [0.15, 0.2) is 54.6 Å². The van der Waals surface area contributed by atoms with Gasteiger partial charge in [-0.3, -0.25) is 0 Å². The second-order valence-corrected chi connectivity index (χ2v) is 6.75. The summed E-state index contributed by atoms with van der Waals surface area (Å²) in [6.45, 7) is 2.82. The van der Waals surface area contributed by atoms with Gasteiger partial charge in [-0.2, -0.15) is 0 Å². The molecule has 0 aliphatic carbocycles. The van der Waals surface area contributed by atoms with Crippen LogP contribution in [0.5, 0.6) is 0 Å². The molecule has 136 valence electrons. The second kappa shape index (κ2) is 7.58. The normalized spacial score (nSPS) is 28.2. The van der Waals surface area contributed by atoms with Crippen molar-refractivity contribution in [2.45, 2.75) is 37.9 Å². The quantitative estimate of drug-likeness (QED) is 0.791. The van der Waals surface area contributed by atoms with Crippen molar-refractivity contribution in [1.82, 2.24) is 0 Å². The zero-order valence-corrected chi connectivity index (χ0v) is 14.7. The Hall–Kier alpha value is -2.21. The van der Waals surface area contributed by atoms with Gasteiger partial charge in [0.25, 0.3) is 0 Å². The molecule has 2 aromatic carbocycles. The minimum atomic E-state index is -0.410. The van der Waals surface area contributed by atoms with Crippen molar-refractivity contribution in [1.29, 1.82) is 0 Å². The largest absolute Gasteiger partial charge is 0.456 e. The highest BCUT2D eigenvalue weighted by atomic mass is 16.7. The van der Waals surface area contributed by atoms with E-state index < -0.39 is 6.29 Å². The van der Waals surface area contributed by atoms with Crippen molar-refractivity contribution in [3.8, 4) is 0 Å². The van der Waals surface area contributed by atoms with Gasteiger partial charge in [0, 0.05) is 12.0 Å². The Morgan fingerprint density at radius 3 is 2.50 bits per heavy atom. The first-order valence-electron chi connectivity index (χ1n) is 8.90. The van der Waals surface area contributed by atoms with Crippen LogP contribution in [-0.4, -0.2) is 37.5 Å². The smallest absolute Gasteiger partial charge is 0.338 e. The molecule has 2 saturated heterocycles. The first-order valence-corrected chi connectivity index (χ1v) is 8.90. The van der Waals surface area contributed by atoms with Gasteiger partial charge in [-0.1, -0.05) is 48.0 Å². The average Bonchev–Trinajstić information content (AvgIpc) is 2.68. The molecule has 0 amide bonds. The summed E-state index contributed by atoms with van der Waals surface area (Å²) < 4.78 is 23.3. The van der Waals surface area contributed by atoms with E-state index in [4.69, 9.17) is 18.9 Å². The SMILES string of the molecule is Cc1ccc(C(=O)OC2COC3COC(c4ccccc4)OC3C2)cc1. The minimum Gasteiger partial charge on any atom is -0.456 e. The number of hydrogen-bond donors (Lipinski definition) is 0. The van der Waals surface area contributed by atoms with E-state index in [0.717, 1.165) is 11.1 Å². The first kappa shape index (κ1) is 17.2. The molecule has 5 nitrogen and oxygen atoms in total. The van der Waals surface area contributed by atoms with E-state index in [-0.39, 0.29) is 24.3 Å². The molecule has 0 saturated carbocycles. The van der Waals surface area contributed by atoms with Gasteiger partial charge in [0.1, 0.15) is 12.2 Å². The number of carbonyl (C=O) groups excluding carboxylic acids is 1. The van der Waals surface area contributed by atoms with E-state index in [0.29, 0.717) is 25.2 Å². The van der Waals surface area contributed by atoms with E-state index in [1.54, 1.807) is 12.1 Å². The molecule has 0 spiro atoms. The van der Waals surface area contributed by atoms with Gasteiger partial charge in [-0.05, 0) is 19.1 Å². The van der Waals surface area contributed by atoms with Crippen LogP contribution in [-0.2, 0) is 18.9 Å². The summed E-state index contributed by atoms with van der Waals surface area (Å²) in [6, 6.07) is 17.2. The summed E-state index contributed by atoms with van der Waals surface area (Å²) in [4.78, 5) is 12.3. The van der Waals surface area contributed by atoms with Crippen LogP contribution in [0.2, 0.25) is 0 Å². The van der Waals surface area contributed by atoms with Gasteiger partial charge < -0.3 is 18.9 Å². The van der Waals surface area contributed by atoms with E-state index in [9.17, 15) is 4.79 Å². The summed E-state index contributed by atoms with van der Waals surface area (Å²) in [5.74, 6) is -0.330. The number of carbonyl (C=O) groups is 1. The number of ether oxygens (including phenoxy) is 4. The van der Waals surface area contributed by atoms with Gasteiger partial charge in [0.05, 0.1) is 24.9 Å². The van der Waals surface area contributed by atoms with Gasteiger partial charge in [0.2, 0.25) is 0 Å².